The number of thiazole rings is 1. The topological polar surface area (TPSA) is 339 Å². The lowest BCUT2D eigenvalue weighted by atomic mass is 9.91. The summed E-state index contributed by atoms with van der Waals surface area (Å²) in [6, 6.07) is 45.4. The van der Waals surface area contributed by atoms with Gasteiger partial charge in [-0.2, -0.15) is 30.6 Å². The van der Waals surface area contributed by atoms with Gasteiger partial charge in [-0.15, -0.1) is 22.9 Å². The van der Waals surface area contributed by atoms with Gasteiger partial charge in [-0.1, -0.05) is 78.3 Å². The lowest BCUT2D eigenvalue weighted by molar-refractivity contribution is -0.478. The SMILES string of the molecule is CCOC(=O)[C@@H](OC(C)(C)C)c1c(C)cc2nc(Br)sc2c1-c1ccc(Cl)cc1.Cn1ncc2cc(C3CNC(=O)CO3)ccc21.Cn1ncc2cc(C3CNCCO3)ccc21.Cn1ncc2cc(C3C[NH+]=CCO3)ccc21.Cn1ncc2ccc(C(O)CCC(=O)CCl)cc21.Cn1ncc2ccc(C(O)CN)cc21.Cn1ncc2ccc(C=O)cc21. The number of hydrogen-bond acceptors (Lipinski definition) is 21. The van der Waals surface area contributed by atoms with Gasteiger partial charge in [0.15, 0.2) is 22.8 Å². The normalized spacial score (nSPS) is 15.9. The van der Waals surface area contributed by atoms with Crippen molar-refractivity contribution in [1.29, 1.82) is 0 Å². The van der Waals surface area contributed by atoms with Crippen LogP contribution in [0.3, 0.4) is 0 Å². The van der Waals surface area contributed by atoms with Crippen molar-refractivity contribution in [2.24, 2.45) is 48.0 Å². The monoisotopic (exact) mass is 1780 g/mol. The Morgan fingerprint density at radius 2 is 1.16 bits per heavy atom. The zero-order valence-electron chi connectivity index (χ0n) is 69.8. The molecule has 32 heteroatoms. The highest BCUT2D eigenvalue weighted by Gasteiger charge is 2.34. The van der Waals surface area contributed by atoms with E-state index < -0.39 is 29.9 Å². The first-order valence-electron chi connectivity index (χ1n) is 39.8. The molecule has 3 aliphatic heterocycles. The zero-order valence-corrected chi connectivity index (χ0v) is 73.8. The largest absolute Gasteiger partial charge is 0.464 e. The number of aliphatic hydroxyl groups excluding tert-OH is 2. The first-order valence-corrected chi connectivity index (χ1v) is 42.4. The van der Waals surface area contributed by atoms with E-state index >= 15 is 0 Å². The lowest BCUT2D eigenvalue weighted by Gasteiger charge is -2.29. The van der Waals surface area contributed by atoms with Gasteiger partial charge in [0.1, 0.15) is 37.5 Å². The summed E-state index contributed by atoms with van der Waals surface area (Å²) in [4.78, 5) is 53.3. The predicted molar refractivity (Wildman–Crippen MR) is 480 cm³/mol. The highest BCUT2D eigenvalue weighted by Crippen LogP contribution is 2.44. The Morgan fingerprint density at radius 3 is 1.64 bits per heavy atom. The van der Waals surface area contributed by atoms with E-state index in [0.29, 0.717) is 36.6 Å². The Bertz CT molecular complexity index is 6150. The number of esters is 1. The van der Waals surface area contributed by atoms with Gasteiger partial charge in [0.05, 0.1) is 124 Å². The molecule has 18 rings (SSSR count). The number of hydrogen-bond donors (Lipinski definition) is 6. The maximum absolute atomic E-state index is 13.0. The van der Waals surface area contributed by atoms with Gasteiger partial charge >= 0.3 is 5.97 Å². The van der Waals surface area contributed by atoms with E-state index in [9.17, 15) is 29.4 Å². The number of fused-ring (bicyclic) bond motifs is 7. The summed E-state index contributed by atoms with van der Waals surface area (Å²) >= 11 is 16.6. The number of ketones is 1. The van der Waals surface area contributed by atoms with Crippen molar-refractivity contribution in [2.45, 2.75) is 89.7 Å². The minimum atomic E-state index is -0.856. The third-order valence-electron chi connectivity index (χ3n) is 20.6. The number of alkyl halides is 1. The van der Waals surface area contributed by atoms with Crippen LogP contribution in [0.1, 0.15) is 126 Å². The van der Waals surface area contributed by atoms with Crippen LogP contribution in [0.15, 0.2) is 181 Å². The Kier molecular flexibility index (Phi) is 31.0. The van der Waals surface area contributed by atoms with E-state index in [1.165, 1.54) is 27.8 Å². The van der Waals surface area contributed by atoms with Crippen molar-refractivity contribution in [3.8, 4) is 11.1 Å². The van der Waals surface area contributed by atoms with Gasteiger partial charge in [-0.05, 0) is 169 Å². The van der Waals surface area contributed by atoms with Gasteiger partial charge < -0.3 is 50.3 Å². The number of aromatic nitrogens is 13. The highest BCUT2D eigenvalue weighted by atomic mass is 79.9. The predicted octanol–water partition coefficient (Wildman–Crippen LogP) is 13.0. The molecule has 0 saturated carbocycles. The fourth-order valence-electron chi connectivity index (χ4n) is 14.2. The van der Waals surface area contributed by atoms with Crippen molar-refractivity contribution in [1.82, 2.24) is 74.3 Å². The summed E-state index contributed by atoms with van der Waals surface area (Å²) < 4.78 is 41.2. The third kappa shape index (κ3) is 22.9. The van der Waals surface area contributed by atoms with Crippen molar-refractivity contribution in [3.05, 3.63) is 230 Å². The molecule has 0 aliphatic carbocycles. The standard InChI is InChI=1S/C22H23BrClNO3S.C13H15ClN2O2.C12H13N3O2.C12H15N3O.C12H13N3O.C10H13N3O.C9H8N2O/c1-6-27-20(26)18(28-22(3,4)5)16-12(2)11-15-19(29-21(23)25-15)17(16)13-7-9-14(24)10-8-13;1-16-12-6-9(2-3-10(12)8-15-16)13(18)5-4-11(17)7-14;1-15-10-3-2-8(4-9(10)5-14-15)11-6-13-12(16)7-17-11;2*1-15-11-3-2-9(6-10(11)7-14-15)12-8-13-4-5-16-12;1-13-9-4-7(10(14)5-11)2-3-8(9)6-12-13;1-11-9-4-7(6-12)2-3-8(9)5-10-11/h7-11,18H,6H2,1-5H3;2-3,6,8,13,18H,4-5,7H2,1H3;2-5,11H,6-7H2,1H3,(H,13,16);2-3,6-7,12-13H,4-5,8H2,1H3;2-4,6-7,12H,5,8H2,1H3;2-4,6,10,14H,5,11H2,1H3;2-6H,1H3/p+1/t18-;;;;;;/m0....../s1. The van der Waals surface area contributed by atoms with Crippen LogP contribution < -0.4 is 21.4 Å². The van der Waals surface area contributed by atoms with Crippen LogP contribution in [0.4, 0.5) is 0 Å². The molecular weight excluding hydrogens is 1680 g/mol. The number of halogens is 3. The van der Waals surface area contributed by atoms with Crippen molar-refractivity contribution in [3.63, 3.8) is 0 Å². The second-order valence-corrected chi connectivity index (χ2v) is 33.4. The molecule has 638 valence electrons. The van der Waals surface area contributed by atoms with Crippen LogP contribution in [0.25, 0.3) is 86.8 Å². The van der Waals surface area contributed by atoms with E-state index in [4.69, 9.17) is 52.6 Å². The fraction of sp³-hybridized carbons (Fsp3) is 0.333. The summed E-state index contributed by atoms with van der Waals surface area (Å²) in [6.45, 7) is 14.9. The molecule has 2 fully saturated rings. The fourth-order valence-corrected chi connectivity index (χ4v) is 16.0. The first-order chi connectivity index (χ1) is 58.7. The molecule has 5 unspecified atom stereocenters. The molecule has 7 N–H and O–H groups in total. The summed E-state index contributed by atoms with van der Waals surface area (Å²) in [6.07, 6.45) is 12.6. The van der Waals surface area contributed by atoms with Crippen molar-refractivity contribution >= 4 is 156 Å². The van der Waals surface area contributed by atoms with Crippen LogP contribution in [-0.4, -0.2) is 175 Å². The Labute approximate surface area is 728 Å². The molecule has 28 nitrogen and oxygen atoms in total. The average molecular weight is 1780 g/mol. The van der Waals surface area contributed by atoms with Gasteiger partial charge in [0.25, 0.3) is 0 Å². The third-order valence-corrected chi connectivity index (χ3v) is 22.7. The number of Topliss-reactive ketones (excluding diaryl/α,β-unsaturated/α-hetero) is 1. The van der Waals surface area contributed by atoms with Crippen LogP contribution in [0.5, 0.6) is 0 Å². The number of nitrogens with one attached hydrogen (secondary N) is 3. The summed E-state index contributed by atoms with van der Waals surface area (Å²) in [5.74, 6) is -0.488. The van der Waals surface area contributed by atoms with E-state index in [-0.39, 0.29) is 55.6 Å². The number of benzene rings is 8. The van der Waals surface area contributed by atoms with Crippen LogP contribution in [0, 0.1) is 6.92 Å². The molecule has 0 radical (unpaired) electrons. The molecule has 1 amide bonds. The number of nitrogens with two attached hydrogens (primary N) is 1. The van der Waals surface area contributed by atoms with Crippen molar-refractivity contribution < 1.29 is 58.1 Å². The number of aldehydes is 1. The van der Waals surface area contributed by atoms with Crippen LogP contribution >= 0.6 is 50.5 Å². The molecule has 6 atom stereocenters. The maximum Gasteiger partial charge on any atom is 0.339 e. The van der Waals surface area contributed by atoms with Gasteiger partial charge in [-0.3, -0.25) is 42.5 Å². The van der Waals surface area contributed by atoms with E-state index in [0.717, 1.165) is 146 Å². The number of carbonyl (C=O) groups is 4. The highest BCUT2D eigenvalue weighted by molar-refractivity contribution is 9.11. The number of aliphatic hydroxyl groups is 2. The molecule has 0 spiro atoms. The number of morpholine rings is 2. The number of aryl methyl sites for hydroxylation is 7. The van der Waals surface area contributed by atoms with E-state index in [1.54, 1.807) is 45.6 Å². The van der Waals surface area contributed by atoms with Gasteiger partial charge in [0, 0.05) is 129 Å². The lowest BCUT2D eigenvalue weighted by Crippen LogP contribution is -2.73. The summed E-state index contributed by atoms with van der Waals surface area (Å²) in [5, 5.41) is 58.0. The molecule has 0 bridgehead atoms. The van der Waals surface area contributed by atoms with E-state index in [2.05, 4.69) is 110 Å². The number of rotatable bonds is 16. The van der Waals surface area contributed by atoms with Gasteiger partial charge in [-0.25, -0.2) is 14.8 Å². The Balaban J connectivity index is 0.000000132. The number of amides is 1. The number of nitrogens with zero attached hydrogens (tertiary/aromatic N) is 13. The first kappa shape index (κ1) is 90.4. The van der Waals surface area contributed by atoms with Crippen LogP contribution in [-0.2, 0) is 80.4 Å². The molecule has 10 heterocycles. The van der Waals surface area contributed by atoms with Gasteiger partial charge in [0.2, 0.25) is 5.91 Å². The number of carbonyl (C=O) groups excluding carboxylic acids is 4. The Hall–Kier alpha value is -10.8. The summed E-state index contributed by atoms with van der Waals surface area (Å²) in [5.41, 5.74) is 21.5. The molecule has 8 aromatic carbocycles. The summed E-state index contributed by atoms with van der Waals surface area (Å²) in [7, 11) is 11.4. The molecule has 2 saturated heterocycles. The molecule has 122 heavy (non-hydrogen) atoms. The van der Waals surface area contributed by atoms with Crippen molar-refractivity contribution in [2.75, 3.05) is 65.0 Å². The Morgan fingerprint density at radius 1 is 0.656 bits per heavy atom. The smallest absolute Gasteiger partial charge is 0.339 e. The quantitative estimate of drug-likeness (QED) is 0.0297. The average Bonchev–Trinajstić information content (AvgIpc) is 1.46. The molecule has 7 aromatic heterocycles. The molecule has 3 aliphatic rings. The number of ether oxygens (including phenoxy) is 5. The minimum absolute atomic E-state index is 0.00743. The minimum Gasteiger partial charge on any atom is -0.464 e. The second-order valence-electron chi connectivity index (χ2n) is 30.4. The zero-order chi connectivity index (χ0) is 86.9. The van der Waals surface area contributed by atoms with Crippen LogP contribution in [0.2, 0.25) is 5.02 Å². The molecule has 15 aromatic rings. The maximum atomic E-state index is 13.0. The molecular formula is C90H101BrCl2N17O11S+. The second kappa shape index (κ2) is 41.8. The van der Waals surface area contributed by atoms with E-state index in [1.807, 2.05) is 200 Å².